The Hall–Kier alpha value is -3.49. The maximum absolute atomic E-state index is 12.8. The minimum Gasteiger partial charge on any atom is -0.497 e. The van der Waals surface area contributed by atoms with Gasteiger partial charge in [-0.05, 0) is 42.0 Å². The molecule has 0 aliphatic carbocycles. The van der Waals surface area contributed by atoms with Crippen LogP contribution in [0, 0.1) is 0 Å². The second-order valence-electron chi connectivity index (χ2n) is 7.50. The lowest BCUT2D eigenvalue weighted by atomic mass is 10.0. The molecule has 1 aliphatic rings. The van der Waals surface area contributed by atoms with Gasteiger partial charge >= 0.3 is 0 Å². The molecule has 0 radical (unpaired) electrons. The molecular formula is C22H24N6O5S2. The predicted octanol–water partition coefficient (Wildman–Crippen LogP) is 1.38. The molecule has 3 aromatic rings. The normalized spacial score (nSPS) is 14.2. The number of nitrogens with zero attached hydrogens (tertiary/aromatic N) is 2. The zero-order valence-corrected chi connectivity index (χ0v) is 20.3. The highest BCUT2D eigenvalue weighted by atomic mass is 32.2. The summed E-state index contributed by atoms with van der Waals surface area (Å²) in [5.41, 5.74) is 9.33. The van der Waals surface area contributed by atoms with Crippen LogP contribution in [0.5, 0.6) is 5.75 Å². The molecule has 11 nitrogen and oxygen atoms in total. The number of amides is 1. The fraction of sp³-hybridized carbons (Fsp3) is 0.182. The van der Waals surface area contributed by atoms with Gasteiger partial charge in [-0.3, -0.25) is 20.0 Å². The number of ether oxygens (including phenoxy) is 1. The second-order valence-corrected chi connectivity index (χ2v) is 10.6. The highest BCUT2D eigenvalue weighted by Crippen LogP contribution is 2.29. The van der Waals surface area contributed by atoms with E-state index in [1.54, 1.807) is 55.3 Å². The van der Waals surface area contributed by atoms with Crippen LogP contribution in [0.3, 0.4) is 0 Å². The van der Waals surface area contributed by atoms with Crippen molar-refractivity contribution < 1.29 is 23.2 Å². The number of hydrazine groups is 2. The van der Waals surface area contributed by atoms with Crippen LogP contribution in [0.25, 0.3) is 10.6 Å². The number of rotatable bonds is 10. The molecule has 0 bridgehead atoms. The van der Waals surface area contributed by atoms with Gasteiger partial charge in [0.05, 0.1) is 29.9 Å². The first-order valence-electron chi connectivity index (χ1n) is 10.5. The molecule has 0 saturated carbocycles. The molecule has 0 unspecified atom stereocenters. The largest absolute Gasteiger partial charge is 0.497 e. The molecule has 4 rings (SSSR count). The van der Waals surface area contributed by atoms with Crippen molar-refractivity contribution in [2.45, 2.75) is 16.7 Å². The Labute approximate surface area is 206 Å². The van der Waals surface area contributed by atoms with Gasteiger partial charge in [-0.2, -0.15) is 0 Å². The lowest BCUT2D eigenvalue weighted by molar-refractivity contribution is -0.134. The lowest BCUT2D eigenvalue weighted by Gasteiger charge is -2.25. The molecule has 1 amide bonds. The highest BCUT2D eigenvalue weighted by molar-refractivity contribution is 7.91. The number of nitrogens with one attached hydrogen (secondary N) is 4. The monoisotopic (exact) mass is 516 g/mol. The average molecular weight is 517 g/mol. The van der Waals surface area contributed by atoms with Crippen LogP contribution >= 0.6 is 11.3 Å². The molecule has 0 spiro atoms. The van der Waals surface area contributed by atoms with E-state index in [0.717, 1.165) is 21.8 Å². The zero-order valence-electron chi connectivity index (χ0n) is 18.6. The topological polar surface area (TPSA) is 145 Å². The zero-order chi connectivity index (χ0) is 24.8. The number of hydrogen-bond donors (Lipinski definition) is 5. The summed E-state index contributed by atoms with van der Waals surface area (Å²) in [6.07, 6.45) is 3.46. The molecule has 1 aliphatic heterocycles. The second kappa shape index (κ2) is 10.8. The summed E-state index contributed by atoms with van der Waals surface area (Å²) in [5, 5.41) is 10.7. The minimum atomic E-state index is -3.77. The number of thiophene rings is 1. The molecular weight excluding hydrogens is 492 g/mol. The Morgan fingerprint density at radius 1 is 1.23 bits per heavy atom. The first-order chi connectivity index (χ1) is 16.9. The molecule has 0 fully saturated rings. The van der Waals surface area contributed by atoms with Crippen molar-refractivity contribution in [3.05, 3.63) is 78.3 Å². The van der Waals surface area contributed by atoms with E-state index < -0.39 is 22.0 Å². The van der Waals surface area contributed by atoms with Gasteiger partial charge < -0.3 is 10.2 Å². The maximum atomic E-state index is 12.8. The van der Waals surface area contributed by atoms with Gasteiger partial charge in [0.15, 0.2) is 0 Å². The van der Waals surface area contributed by atoms with Crippen LogP contribution in [-0.4, -0.2) is 49.2 Å². The smallest absolute Gasteiger partial charge is 0.268 e. The van der Waals surface area contributed by atoms with Gasteiger partial charge in [0.1, 0.15) is 16.0 Å². The van der Waals surface area contributed by atoms with E-state index in [1.807, 2.05) is 18.2 Å². The van der Waals surface area contributed by atoms with Crippen molar-refractivity contribution in [3.63, 3.8) is 0 Å². The van der Waals surface area contributed by atoms with Crippen LogP contribution < -0.4 is 25.9 Å². The third-order valence-electron chi connectivity index (χ3n) is 5.17. The number of sulfonamides is 1. The van der Waals surface area contributed by atoms with Gasteiger partial charge in [0.2, 0.25) is 10.0 Å². The summed E-state index contributed by atoms with van der Waals surface area (Å²) in [5.74, 6) is 0.00409. The van der Waals surface area contributed by atoms with E-state index in [4.69, 9.17) is 4.74 Å². The average Bonchev–Trinajstić information content (AvgIpc) is 3.57. The van der Waals surface area contributed by atoms with Gasteiger partial charge in [-0.15, -0.1) is 16.9 Å². The van der Waals surface area contributed by atoms with E-state index in [2.05, 4.69) is 20.7 Å². The van der Waals surface area contributed by atoms with E-state index in [0.29, 0.717) is 17.1 Å². The van der Waals surface area contributed by atoms with Crippen molar-refractivity contribution in [1.29, 1.82) is 0 Å². The number of aromatic nitrogens is 1. The predicted molar refractivity (Wildman–Crippen MR) is 129 cm³/mol. The summed E-state index contributed by atoms with van der Waals surface area (Å²) < 4.78 is 33.5. The molecule has 35 heavy (non-hydrogen) atoms. The van der Waals surface area contributed by atoms with Gasteiger partial charge in [0, 0.05) is 18.8 Å². The van der Waals surface area contributed by atoms with E-state index in [-0.39, 0.29) is 17.2 Å². The van der Waals surface area contributed by atoms with E-state index in [1.165, 1.54) is 11.1 Å². The third kappa shape index (κ3) is 5.96. The summed E-state index contributed by atoms with van der Waals surface area (Å²) in [4.78, 5) is 17.3. The van der Waals surface area contributed by atoms with Gasteiger partial charge in [-0.25, -0.2) is 18.6 Å². The van der Waals surface area contributed by atoms with Crippen molar-refractivity contribution in [1.82, 2.24) is 31.2 Å². The summed E-state index contributed by atoms with van der Waals surface area (Å²) >= 11 is 1.12. The first-order valence-corrected chi connectivity index (χ1v) is 12.8. The number of pyridine rings is 1. The standard InChI is InChI=1S/C22H24N6O5S2/c1-33-17-6-4-5-15(11-17)12-19(22(29)26-30)28-14-16(25-27-28)13-24-35(31,32)21-9-8-20(34-21)18-7-2-3-10-23-18/h2-11,14,19,24-25,27,30H,12-13H2,1H3,(H,26,29)/t19-/m0/s1. The van der Waals surface area contributed by atoms with Crippen molar-refractivity contribution in [2.24, 2.45) is 0 Å². The highest BCUT2D eigenvalue weighted by Gasteiger charge is 2.28. The van der Waals surface area contributed by atoms with Gasteiger partial charge in [0.25, 0.3) is 5.91 Å². The minimum absolute atomic E-state index is 0.0464. The molecule has 1 atom stereocenters. The van der Waals surface area contributed by atoms with Crippen LogP contribution in [0.4, 0.5) is 0 Å². The number of methoxy groups -OCH3 is 1. The fourth-order valence-corrected chi connectivity index (χ4v) is 5.73. The van der Waals surface area contributed by atoms with Crippen LogP contribution in [0.15, 0.2) is 76.9 Å². The Bertz CT molecular complexity index is 1310. The molecule has 0 saturated heterocycles. The molecule has 5 N–H and O–H groups in total. The Balaban J connectivity index is 1.42. The van der Waals surface area contributed by atoms with Crippen LogP contribution in [-0.2, 0) is 21.2 Å². The third-order valence-corrected chi connectivity index (χ3v) is 8.17. The van der Waals surface area contributed by atoms with E-state index >= 15 is 0 Å². The Kier molecular flexibility index (Phi) is 7.63. The molecule has 13 heteroatoms. The van der Waals surface area contributed by atoms with E-state index in [9.17, 15) is 18.4 Å². The number of carbonyl (C=O) groups is 1. The van der Waals surface area contributed by atoms with Crippen molar-refractivity contribution in [2.75, 3.05) is 13.7 Å². The fourth-order valence-electron chi connectivity index (χ4n) is 3.40. The summed E-state index contributed by atoms with van der Waals surface area (Å²) in [7, 11) is -2.22. The number of carbonyl (C=O) groups excluding carboxylic acids is 1. The number of hydrogen-bond acceptors (Lipinski definition) is 10. The molecule has 2 aromatic heterocycles. The van der Waals surface area contributed by atoms with Crippen LogP contribution in [0.1, 0.15) is 5.56 Å². The maximum Gasteiger partial charge on any atom is 0.268 e. The SMILES string of the molecule is COc1cccc(C[C@@H](C(=O)NO)N2C=C(CNS(=O)(=O)c3ccc(-c4ccccn4)s3)NN2)c1. The lowest BCUT2D eigenvalue weighted by Crippen LogP contribution is -2.51. The number of hydroxylamine groups is 1. The Morgan fingerprint density at radius 2 is 2.09 bits per heavy atom. The summed E-state index contributed by atoms with van der Waals surface area (Å²) in [6, 6.07) is 15.1. The van der Waals surface area contributed by atoms with Crippen molar-refractivity contribution in [3.8, 4) is 16.3 Å². The quantitative estimate of drug-likeness (QED) is 0.199. The molecule has 3 heterocycles. The van der Waals surface area contributed by atoms with Crippen molar-refractivity contribution >= 4 is 27.3 Å². The van der Waals surface area contributed by atoms with Gasteiger partial charge in [-0.1, -0.05) is 18.2 Å². The Morgan fingerprint density at radius 3 is 2.83 bits per heavy atom. The first kappa shape index (κ1) is 24.6. The molecule has 184 valence electrons. The molecule has 1 aromatic carbocycles. The number of benzene rings is 1. The van der Waals surface area contributed by atoms with Crippen LogP contribution in [0.2, 0.25) is 0 Å². The summed E-state index contributed by atoms with van der Waals surface area (Å²) in [6.45, 7) is -0.0464.